The third kappa shape index (κ3) is 5.76. The molecule has 160 valence electrons. The quantitative estimate of drug-likeness (QED) is 0.374. The molecule has 0 saturated carbocycles. The number of hydrogen-bond acceptors (Lipinski definition) is 4. The average molecular weight is 470 g/mol. The Hall–Kier alpha value is -1.48. The Labute approximate surface area is 164 Å². The van der Waals surface area contributed by atoms with Crippen LogP contribution in [0.3, 0.4) is 0 Å². The van der Waals surface area contributed by atoms with Gasteiger partial charge in [0.1, 0.15) is 0 Å². The molecular formula is C17H26AsF3N2O5. The molecule has 0 atom stereocenters. The molecule has 1 rings (SSSR count). The molecule has 1 aromatic rings. The Morgan fingerprint density at radius 1 is 1.11 bits per heavy atom. The summed E-state index contributed by atoms with van der Waals surface area (Å²) in [6.45, 7) is 9.21. The SMILES string of the molecule is CCC(=O)Nc1c(F)c(F)c(F)c([As](=O)(O)O)c1OCCN(C(C)C)C(C)C. The fraction of sp³-hybridized carbons (Fsp3) is 0.588. The van der Waals surface area contributed by atoms with Gasteiger partial charge in [0.15, 0.2) is 0 Å². The van der Waals surface area contributed by atoms with E-state index in [-0.39, 0.29) is 31.7 Å². The first-order valence-electron chi connectivity index (χ1n) is 8.77. The van der Waals surface area contributed by atoms with Crippen molar-refractivity contribution in [3.63, 3.8) is 0 Å². The number of hydrogen-bond donors (Lipinski definition) is 3. The van der Waals surface area contributed by atoms with E-state index in [4.69, 9.17) is 4.74 Å². The monoisotopic (exact) mass is 470 g/mol. The summed E-state index contributed by atoms with van der Waals surface area (Å²) in [6, 6.07) is 0.213. The fourth-order valence-corrected chi connectivity index (χ4v) is 4.40. The van der Waals surface area contributed by atoms with E-state index >= 15 is 0 Å². The first-order valence-corrected chi connectivity index (χ1v) is 12.2. The number of ether oxygens (including phenoxy) is 1. The Bertz CT molecular complexity index is 760. The van der Waals surface area contributed by atoms with Gasteiger partial charge >= 0.3 is 164 Å². The van der Waals surface area contributed by atoms with E-state index in [0.29, 0.717) is 0 Å². The molecule has 0 aromatic heterocycles. The second-order valence-electron chi connectivity index (χ2n) is 6.71. The Kier molecular flexibility index (Phi) is 8.61. The van der Waals surface area contributed by atoms with E-state index in [1.54, 1.807) is 0 Å². The van der Waals surface area contributed by atoms with E-state index < -0.39 is 53.3 Å². The van der Waals surface area contributed by atoms with Gasteiger partial charge in [-0.05, 0) is 0 Å². The van der Waals surface area contributed by atoms with Crippen molar-refractivity contribution in [2.45, 2.75) is 53.1 Å². The zero-order valence-corrected chi connectivity index (χ0v) is 18.3. The normalized spacial score (nSPS) is 12.2. The van der Waals surface area contributed by atoms with E-state index in [1.807, 2.05) is 37.9 Å². The summed E-state index contributed by atoms with van der Waals surface area (Å²) in [5, 5.41) is 2.00. The van der Waals surface area contributed by atoms with Crippen molar-refractivity contribution in [1.82, 2.24) is 4.90 Å². The predicted molar refractivity (Wildman–Crippen MR) is 98.2 cm³/mol. The summed E-state index contributed by atoms with van der Waals surface area (Å²) >= 11 is -6.09. The molecule has 0 spiro atoms. The molecule has 0 bridgehead atoms. The number of anilines is 1. The van der Waals surface area contributed by atoms with Crippen molar-refractivity contribution in [2.75, 3.05) is 18.5 Å². The van der Waals surface area contributed by atoms with Crippen molar-refractivity contribution in [2.24, 2.45) is 0 Å². The summed E-state index contributed by atoms with van der Waals surface area (Å²) in [6.07, 6.45) is -0.122. The first kappa shape index (κ1) is 24.6. The average Bonchev–Trinajstić information content (AvgIpc) is 2.57. The van der Waals surface area contributed by atoms with Gasteiger partial charge in [0.25, 0.3) is 0 Å². The van der Waals surface area contributed by atoms with Crippen molar-refractivity contribution in [1.29, 1.82) is 0 Å². The summed E-state index contributed by atoms with van der Waals surface area (Å²) in [5.41, 5.74) is -0.925. The number of benzene rings is 1. The van der Waals surface area contributed by atoms with Crippen molar-refractivity contribution >= 4 is 30.1 Å². The third-order valence-electron chi connectivity index (χ3n) is 4.05. The number of carbonyl (C=O) groups is 1. The second kappa shape index (κ2) is 9.82. The summed E-state index contributed by atoms with van der Waals surface area (Å²) < 4.78 is 77.0. The van der Waals surface area contributed by atoms with Crippen molar-refractivity contribution < 1.29 is 34.6 Å². The second-order valence-corrected chi connectivity index (χ2v) is 9.94. The fourth-order valence-electron chi connectivity index (χ4n) is 2.73. The maximum atomic E-state index is 14.3. The third-order valence-corrected chi connectivity index (χ3v) is 6.11. The zero-order chi connectivity index (χ0) is 21.8. The van der Waals surface area contributed by atoms with Gasteiger partial charge in [-0.1, -0.05) is 0 Å². The van der Waals surface area contributed by atoms with Gasteiger partial charge in [-0.25, -0.2) is 0 Å². The molecule has 1 amide bonds. The molecular weight excluding hydrogens is 444 g/mol. The van der Waals surface area contributed by atoms with Gasteiger partial charge in [0.2, 0.25) is 0 Å². The first-order chi connectivity index (χ1) is 12.8. The van der Waals surface area contributed by atoms with Gasteiger partial charge in [-0.2, -0.15) is 0 Å². The minimum atomic E-state index is -6.09. The topological polar surface area (TPSA) is 99.1 Å². The van der Waals surface area contributed by atoms with Gasteiger partial charge < -0.3 is 0 Å². The van der Waals surface area contributed by atoms with E-state index in [0.717, 1.165) is 0 Å². The predicted octanol–water partition coefficient (Wildman–Crippen LogP) is 1.51. The van der Waals surface area contributed by atoms with Gasteiger partial charge in [-0.3, -0.25) is 0 Å². The number of nitrogens with one attached hydrogen (secondary N) is 1. The van der Waals surface area contributed by atoms with Crippen LogP contribution in [0.2, 0.25) is 0 Å². The molecule has 0 saturated heterocycles. The molecule has 0 heterocycles. The van der Waals surface area contributed by atoms with E-state index in [9.17, 15) is 29.9 Å². The minimum absolute atomic E-state index is 0.106. The van der Waals surface area contributed by atoms with Crippen LogP contribution >= 0.6 is 0 Å². The van der Waals surface area contributed by atoms with Crippen LogP contribution in [0.25, 0.3) is 0 Å². The number of carbonyl (C=O) groups excluding carboxylic acids is 1. The molecule has 0 fully saturated rings. The van der Waals surface area contributed by atoms with Crippen molar-refractivity contribution in [3.8, 4) is 5.75 Å². The van der Waals surface area contributed by atoms with Gasteiger partial charge in [0, 0.05) is 0 Å². The van der Waals surface area contributed by atoms with E-state index in [1.165, 1.54) is 6.92 Å². The maximum absolute atomic E-state index is 14.3. The van der Waals surface area contributed by atoms with Crippen LogP contribution in [0.1, 0.15) is 41.0 Å². The number of halogens is 3. The van der Waals surface area contributed by atoms with Crippen molar-refractivity contribution in [3.05, 3.63) is 17.5 Å². The molecule has 0 aliphatic rings. The molecule has 3 N–H and O–H groups in total. The summed E-state index contributed by atoms with van der Waals surface area (Å²) in [4.78, 5) is 13.6. The molecule has 1 aromatic carbocycles. The molecule has 11 heteroatoms. The van der Waals surface area contributed by atoms with Gasteiger partial charge in [0.05, 0.1) is 0 Å². The van der Waals surface area contributed by atoms with Crippen LogP contribution in [0, 0.1) is 17.5 Å². The Morgan fingerprint density at radius 3 is 2.07 bits per heavy atom. The number of rotatable bonds is 9. The van der Waals surface area contributed by atoms with Gasteiger partial charge in [-0.15, -0.1) is 0 Å². The molecule has 7 nitrogen and oxygen atoms in total. The molecule has 0 aliphatic carbocycles. The van der Waals surface area contributed by atoms with Crippen LogP contribution in [0.4, 0.5) is 18.9 Å². The molecule has 0 unspecified atom stereocenters. The van der Waals surface area contributed by atoms with Crippen LogP contribution in [0.15, 0.2) is 0 Å². The standard InChI is InChI=1S/C17H26AsF3N2O5/c1-6-11(24)22-16-15(21)14(20)13(19)12(18(25,26)27)17(16)28-8-7-23(9(2)3)10(4)5/h9-10H,6-8H2,1-5H3,(H,22,24)(H2,25,26,27). The van der Waals surface area contributed by atoms with Crippen LogP contribution in [-0.4, -0.2) is 58.4 Å². The molecule has 28 heavy (non-hydrogen) atoms. The Balaban J connectivity index is 3.43. The molecule has 0 aliphatic heterocycles. The zero-order valence-electron chi connectivity index (χ0n) is 16.4. The molecule has 0 radical (unpaired) electrons. The van der Waals surface area contributed by atoms with Crippen LogP contribution < -0.4 is 14.4 Å². The summed E-state index contributed by atoms with van der Waals surface area (Å²) in [5.74, 6) is -7.56. The van der Waals surface area contributed by atoms with Crippen LogP contribution in [-0.2, 0) is 8.53 Å². The summed E-state index contributed by atoms with van der Waals surface area (Å²) in [7, 11) is 0. The van der Waals surface area contributed by atoms with Crippen LogP contribution in [0.5, 0.6) is 5.75 Å². The Morgan fingerprint density at radius 2 is 1.64 bits per heavy atom. The number of nitrogens with zero attached hydrogens (tertiary/aromatic N) is 1. The number of amides is 1. The van der Waals surface area contributed by atoms with E-state index in [2.05, 4.69) is 0 Å².